The summed E-state index contributed by atoms with van der Waals surface area (Å²) in [5, 5.41) is 14.2. The summed E-state index contributed by atoms with van der Waals surface area (Å²) in [7, 11) is -2.29. The molecular formula is C23H33N3O4S2. The largest absolute Gasteiger partial charge is 0.495 e. The van der Waals surface area contributed by atoms with Crippen molar-refractivity contribution >= 4 is 26.5 Å². The Morgan fingerprint density at radius 1 is 1.06 bits per heavy atom. The molecule has 4 rings (SSSR count). The second-order valence-corrected chi connectivity index (χ2v) is 11.6. The van der Waals surface area contributed by atoms with Crippen LogP contribution in [0.5, 0.6) is 5.75 Å². The molecule has 2 aromatic rings. The zero-order chi connectivity index (χ0) is 22.7. The molecule has 9 heteroatoms. The van der Waals surface area contributed by atoms with Gasteiger partial charge in [-0.15, -0.1) is 0 Å². The van der Waals surface area contributed by atoms with Gasteiger partial charge in [0.25, 0.3) is 0 Å². The maximum atomic E-state index is 13.2. The fourth-order valence-corrected chi connectivity index (χ4v) is 7.19. The molecule has 2 saturated carbocycles. The van der Waals surface area contributed by atoms with Gasteiger partial charge in [-0.2, -0.15) is 0 Å². The molecule has 176 valence electrons. The van der Waals surface area contributed by atoms with Crippen LogP contribution in [-0.4, -0.2) is 43.8 Å². The van der Waals surface area contributed by atoms with E-state index in [1.54, 1.807) is 23.5 Å². The van der Waals surface area contributed by atoms with E-state index in [0.717, 1.165) is 21.3 Å². The van der Waals surface area contributed by atoms with E-state index in [-0.39, 0.29) is 17.0 Å². The molecule has 0 radical (unpaired) electrons. The number of aliphatic hydroxyl groups is 1. The number of sulfonamides is 1. The lowest BCUT2D eigenvalue weighted by molar-refractivity contribution is 0.120. The van der Waals surface area contributed by atoms with Crippen LogP contribution >= 0.6 is 11.3 Å². The molecule has 0 spiro atoms. The SMILES string of the molecule is COc1ccc(-c2sc(NC3CCCCC3)nc2C)cc1S(=O)(=O)N[C@H]1CC[C@H](O)CC1. The quantitative estimate of drug-likeness (QED) is 0.542. The highest BCUT2D eigenvalue weighted by molar-refractivity contribution is 7.89. The van der Waals surface area contributed by atoms with Crippen molar-refractivity contribution in [3.63, 3.8) is 0 Å². The van der Waals surface area contributed by atoms with Crippen molar-refractivity contribution in [3.05, 3.63) is 23.9 Å². The van der Waals surface area contributed by atoms with Crippen LogP contribution in [-0.2, 0) is 10.0 Å². The van der Waals surface area contributed by atoms with E-state index in [9.17, 15) is 13.5 Å². The highest BCUT2D eigenvalue weighted by Gasteiger charge is 2.28. The van der Waals surface area contributed by atoms with E-state index >= 15 is 0 Å². The van der Waals surface area contributed by atoms with Crippen LogP contribution < -0.4 is 14.8 Å². The molecule has 1 heterocycles. The van der Waals surface area contributed by atoms with Crippen LogP contribution in [0.4, 0.5) is 5.13 Å². The Morgan fingerprint density at radius 2 is 1.78 bits per heavy atom. The molecule has 2 fully saturated rings. The molecule has 0 atom stereocenters. The number of aromatic nitrogens is 1. The van der Waals surface area contributed by atoms with E-state index in [0.29, 0.717) is 37.5 Å². The van der Waals surface area contributed by atoms with Gasteiger partial charge in [0, 0.05) is 12.1 Å². The summed E-state index contributed by atoms with van der Waals surface area (Å²) in [4.78, 5) is 5.80. The molecule has 3 N–H and O–H groups in total. The summed E-state index contributed by atoms with van der Waals surface area (Å²) in [6.45, 7) is 1.96. The average molecular weight is 480 g/mol. The summed E-state index contributed by atoms with van der Waals surface area (Å²) in [6.07, 6.45) is 8.30. The molecule has 1 aromatic heterocycles. The minimum absolute atomic E-state index is 0.137. The van der Waals surface area contributed by atoms with Crippen LogP contribution in [0.1, 0.15) is 63.5 Å². The van der Waals surface area contributed by atoms with Crippen molar-refractivity contribution < 1.29 is 18.3 Å². The summed E-state index contributed by atoms with van der Waals surface area (Å²) in [5.74, 6) is 0.319. The Balaban J connectivity index is 1.57. The predicted molar refractivity (Wildman–Crippen MR) is 128 cm³/mol. The maximum absolute atomic E-state index is 13.2. The molecule has 0 unspecified atom stereocenters. The standard InChI is InChI=1S/C23H33N3O4S2/c1-15-22(31-23(24-15)25-17-6-4-3-5-7-17)16-8-13-20(30-2)21(14-16)32(28,29)26-18-9-11-19(27)12-10-18/h8,13-14,17-19,26-27H,3-7,9-12H2,1-2H3,(H,24,25)/t18-,19-. The van der Waals surface area contributed by atoms with Gasteiger partial charge in [0.1, 0.15) is 10.6 Å². The molecule has 2 aliphatic rings. The van der Waals surface area contributed by atoms with Crippen LogP contribution in [0.2, 0.25) is 0 Å². The Hall–Kier alpha value is -1.68. The van der Waals surface area contributed by atoms with E-state index < -0.39 is 10.0 Å². The normalized spacial score (nSPS) is 22.6. The number of aliphatic hydroxyl groups excluding tert-OH is 1. The lowest BCUT2D eigenvalue weighted by Crippen LogP contribution is -2.38. The number of benzene rings is 1. The van der Waals surface area contributed by atoms with E-state index in [4.69, 9.17) is 9.72 Å². The van der Waals surface area contributed by atoms with Crippen LogP contribution in [0.15, 0.2) is 23.1 Å². The number of hydrogen-bond acceptors (Lipinski definition) is 7. The average Bonchev–Trinajstić information content (AvgIpc) is 3.15. The minimum atomic E-state index is -3.77. The van der Waals surface area contributed by atoms with Crippen LogP contribution in [0.3, 0.4) is 0 Å². The molecule has 0 bridgehead atoms. The first-order valence-electron chi connectivity index (χ1n) is 11.5. The Labute approximate surface area is 194 Å². The van der Waals surface area contributed by atoms with Gasteiger partial charge >= 0.3 is 0 Å². The number of thiazole rings is 1. The van der Waals surface area contributed by atoms with Crippen molar-refractivity contribution in [3.8, 4) is 16.2 Å². The fraction of sp³-hybridized carbons (Fsp3) is 0.609. The van der Waals surface area contributed by atoms with Crippen LogP contribution in [0.25, 0.3) is 10.4 Å². The zero-order valence-electron chi connectivity index (χ0n) is 18.8. The zero-order valence-corrected chi connectivity index (χ0v) is 20.4. The fourth-order valence-electron chi connectivity index (χ4n) is 4.65. The van der Waals surface area contributed by atoms with Crippen molar-refractivity contribution in [1.29, 1.82) is 0 Å². The summed E-state index contributed by atoms with van der Waals surface area (Å²) < 4.78 is 34.6. The third kappa shape index (κ3) is 5.44. The van der Waals surface area contributed by atoms with E-state index in [1.807, 2.05) is 13.0 Å². The van der Waals surface area contributed by atoms with E-state index in [1.165, 1.54) is 39.2 Å². The lowest BCUT2D eigenvalue weighted by Gasteiger charge is -2.26. The van der Waals surface area contributed by atoms with Crippen molar-refractivity contribution in [2.24, 2.45) is 0 Å². The van der Waals surface area contributed by atoms with Gasteiger partial charge in [-0.25, -0.2) is 18.1 Å². The first kappa shape index (κ1) is 23.5. The number of ether oxygens (including phenoxy) is 1. The second kappa shape index (κ2) is 10.1. The number of methoxy groups -OCH3 is 1. The molecule has 2 aliphatic carbocycles. The monoisotopic (exact) mass is 479 g/mol. The van der Waals surface area contributed by atoms with Gasteiger partial charge in [0.15, 0.2) is 5.13 Å². The maximum Gasteiger partial charge on any atom is 0.244 e. The number of nitrogens with zero attached hydrogens (tertiary/aromatic N) is 1. The van der Waals surface area contributed by atoms with Gasteiger partial charge < -0.3 is 15.2 Å². The first-order chi connectivity index (χ1) is 15.4. The number of aryl methyl sites for hydroxylation is 1. The smallest absolute Gasteiger partial charge is 0.244 e. The topological polar surface area (TPSA) is 101 Å². The second-order valence-electron chi connectivity index (χ2n) is 8.91. The first-order valence-corrected chi connectivity index (χ1v) is 13.8. The Morgan fingerprint density at radius 3 is 2.47 bits per heavy atom. The summed E-state index contributed by atoms with van der Waals surface area (Å²) >= 11 is 1.57. The molecule has 1 aromatic carbocycles. The van der Waals surface area contributed by atoms with Crippen molar-refractivity contribution in [1.82, 2.24) is 9.71 Å². The van der Waals surface area contributed by atoms with Gasteiger partial charge in [-0.1, -0.05) is 30.6 Å². The molecule has 0 saturated heterocycles. The molecule has 0 amide bonds. The summed E-state index contributed by atoms with van der Waals surface area (Å²) in [5.41, 5.74) is 1.70. The minimum Gasteiger partial charge on any atom is -0.495 e. The van der Waals surface area contributed by atoms with Crippen LogP contribution in [0, 0.1) is 6.92 Å². The Kier molecular flexibility index (Phi) is 7.39. The van der Waals surface area contributed by atoms with E-state index in [2.05, 4.69) is 10.0 Å². The molecule has 0 aliphatic heterocycles. The number of anilines is 1. The Bertz CT molecular complexity index is 1020. The molecular weight excluding hydrogens is 446 g/mol. The van der Waals surface area contributed by atoms with Gasteiger partial charge in [-0.3, -0.25) is 0 Å². The highest BCUT2D eigenvalue weighted by atomic mass is 32.2. The van der Waals surface area contributed by atoms with Gasteiger partial charge in [-0.05, 0) is 69.2 Å². The van der Waals surface area contributed by atoms with Crippen molar-refractivity contribution in [2.45, 2.75) is 87.8 Å². The number of nitrogens with one attached hydrogen (secondary N) is 2. The van der Waals surface area contributed by atoms with Gasteiger partial charge in [0.05, 0.1) is 23.8 Å². The third-order valence-corrected chi connectivity index (χ3v) is 9.14. The van der Waals surface area contributed by atoms with Gasteiger partial charge in [0.2, 0.25) is 10.0 Å². The number of rotatable bonds is 7. The molecule has 7 nitrogen and oxygen atoms in total. The molecule has 32 heavy (non-hydrogen) atoms. The third-order valence-electron chi connectivity index (χ3n) is 6.46. The number of hydrogen-bond donors (Lipinski definition) is 3. The summed E-state index contributed by atoms with van der Waals surface area (Å²) in [6, 6.07) is 5.58. The predicted octanol–water partition coefficient (Wildman–Crippen LogP) is 4.45. The highest BCUT2D eigenvalue weighted by Crippen LogP contribution is 2.37. The van der Waals surface area contributed by atoms with Crippen molar-refractivity contribution in [2.75, 3.05) is 12.4 Å². The lowest BCUT2D eigenvalue weighted by atomic mass is 9.94.